The van der Waals surface area contributed by atoms with Crippen LogP contribution >= 0.6 is 0 Å². The maximum atomic E-state index is 3.18. The number of fused-ring (bicyclic) bond motifs is 1. The van der Waals surface area contributed by atoms with Crippen molar-refractivity contribution in [2.45, 2.75) is 25.8 Å². The summed E-state index contributed by atoms with van der Waals surface area (Å²) in [5, 5.41) is 3.18. The van der Waals surface area contributed by atoms with Crippen LogP contribution in [0.15, 0.2) is 18.2 Å². The van der Waals surface area contributed by atoms with E-state index in [1.54, 1.807) is 11.1 Å². The predicted molar refractivity (Wildman–Crippen MR) is 68.7 cm³/mol. The first-order valence-corrected chi connectivity index (χ1v) is 6.23. The summed E-state index contributed by atoms with van der Waals surface area (Å²) >= 11 is 0. The molecule has 0 unspecified atom stereocenters. The third kappa shape index (κ3) is 2.83. The largest absolute Gasteiger partial charge is 0.318 e. The zero-order valence-corrected chi connectivity index (χ0v) is 10.4. The summed E-state index contributed by atoms with van der Waals surface area (Å²) in [5.74, 6) is 0. The molecule has 88 valence electrons. The minimum Gasteiger partial charge on any atom is -0.318 e. The van der Waals surface area contributed by atoms with Gasteiger partial charge in [0.2, 0.25) is 0 Å². The van der Waals surface area contributed by atoms with Crippen LogP contribution in [0, 0.1) is 0 Å². The summed E-state index contributed by atoms with van der Waals surface area (Å²) in [6, 6.07) is 7.02. The molecule has 1 aliphatic rings. The highest BCUT2D eigenvalue weighted by Crippen LogP contribution is 2.23. The zero-order chi connectivity index (χ0) is 11.4. The van der Waals surface area contributed by atoms with E-state index in [-0.39, 0.29) is 0 Å². The highest BCUT2D eigenvalue weighted by molar-refractivity contribution is 5.35. The molecule has 0 aromatic heterocycles. The highest BCUT2D eigenvalue weighted by atomic mass is 15.1. The van der Waals surface area contributed by atoms with Crippen LogP contribution in [0.4, 0.5) is 0 Å². The SMILES string of the molecule is CNCCN(C)Cc1ccc2c(c1)CCC2. The fourth-order valence-corrected chi connectivity index (χ4v) is 2.42. The number of hydrogen-bond donors (Lipinski definition) is 1. The number of nitrogens with one attached hydrogen (secondary N) is 1. The molecule has 0 fully saturated rings. The second-order valence-corrected chi connectivity index (χ2v) is 4.80. The first-order valence-electron chi connectivity index (χ1n) is 6.23. The molecule has 0 saturated heterocycles. The smallest absolute Gasteiger partial charge is 0.0231 e. The summed E-state index contributed by atoms with van der Waals surface area (Å²) in [7, 11) is 4.19. The van der Waals surface area contributed by atoms with Gasteiger partial charge in [-0.05, 0) is 50.0 Å². The molecule has 16 heavy (non-hydrogen) atoms. The van der Waals surface area contributed by atoms with Gasteiger partial charge >= 0.3 is 0 Å². The van der Waals surface area contributed by atoms with Gasteiger partial charge in [-0.15, -0.1) is 0 Å². The summed E-state index contributed by atoms with van der Waals surface area (Å²) < 4.78 is 0. The van der Waals surface area contributed by atoms with E-state index in [4.69, 9.17) is 0 Å². The van der Waals surface area contributed by atoms with Crippen LogP contribution in [-0.4, -0.2) is 32.1 Å². The van der Waals surface area contributed by atoms with Crippen molar-refractivity contribution in [3.8, 4) is 0 Å². The van der Waals surface area contributed by atoms with E-state index >= 15 is 0 Å². The van der Waals surface area contributed by atoms with Crippen LogP contribution in [-0.2, 0) is 19.4 Å². The Kier molecular flexibility index (Phi) is 3.97. The molecule has 0 spiro atoms. The Morgan fingerprint density at radius 1 is 1.25 bits per heavy atom. The van der Waals surface area contributed by atoms with Crippen molar-refractivity contribution in [3.05, 3.63) is 34.9 Å². The van der Waals surface area contributed by atoms with Gasteiger partial charge in [-0.1, -0.05) is 18.2 Å². The molecule has 0 radical (unpaired) electrons. The number of likely N-dealkylation sites (N-methyl/N-ethyl adjacent to an activating group) is 2. The van der Waals surface area contributed by atoms with Crippen molar-refractivity contribution in [1.29, 1.82) is 0 Å². The van der Waals surface area contributed by atoms with Crippen LogP contribution in [0.2, 0.25) is 0 Å². The van der Waals surface area contributed by atoms with Gasteiger partial charge in [0.05, 0.1) is 0 Å². The molecule has 0 saturated carbocycles. The predicted octanol–water partition coefficient (Wildman–Crippen LogP) is 1.83. The summed E-state index contributed by atoms with van der Waals surface area (Å²) in [5.41, 5.74) is 4.61. The lowest BCUT2D eigenvalue weighted by Gasteiger charge is -2.16. The molecule has 1 aliphatic carbocycles. The van der Waals surface area contributed by atoms with E-state index in [1.165, 1.54) is 24.8 Å². The van der Waals surface area contributed by atoms with Crippen LogP contribution in [0.1, 0.15) is 23.1 Å². The summed E-state index contributed by atoms with van der Waals surface area (Å²) in [6.45, 7) is 3.23. The molecular weight excluding hydrogens is 196 g/mol. The van der Waals surface area contributed by atoms with Gasteiger partial charge in [-0.3, -0.25) is 0 Å². The molecule has 0 aliphatic heterocycles. The molecule has 0 heterocycles. The topological polar surface area (TPSA) is 15.3 Å². The van der Waals surface area contributed by atoms with E-state index in [2.05, 4.69) is 35.5 Å². The van der Waals surface area contributed by atoms with Gasteiger partial charge in [0, 0.05) is 19.6 Å². The fraction of sp³-hybridized carbons (Fsp3) is 0.571. The van der Waals surface area contributed by atoms with Gasteiger partial charge in [-0.25, -0.2) is 0 Å². The Morgan fingerprint density at radius 3 is 2.88 bits per heavy atom. The van der Waals surface area contributed by atoms with Crippen molar-refractivity contribution in [2.24, 2.45) is 0 Å². The monoisotopic (exact) mass is 218 g/mol. The zero-order valence-electron chi connectivity index (χ0n) is 10.4. The van der Waals surface area contributed by atoms with Crippen LogP contribution in [0.3, 0.4) is 0 Å². The quantitative estimate of drug-likeness (QED) is 0.811. The van der Waals surface area contributed by atoms with Crippen LogP contribution < -0.4 is 5.32 Å². The van der Waals surface area contributed by atoms with Crippen molar-refractivity contribution < 1.29 is 0 Å². The summed E-state index contributed by atoms with van der Waals surface area (Å²) in [6.07, 6.45) is 3.91. The van der Waals surface area contributed by atoms with Gasteiger partial charge in [0.25, 0.3) is 0 Å². The van der Waals surface area contributed by atoms with Crippen LogP contribution in [0.5, 0.6) is 0 Å². The molecule has 0 bridgehead atoms. The lowest BCUT2D eigenvalue weighted by atomic mass is 10.1. The standard InChI is InChI=1S/C14H22N2/c1-15-8-9-16(2)11-12-6-7-13-4-3-5-14(13)10-12/h6-7,10,15H,3-5,8-9,11H2,1-2H3. The average molecular weight is 218 g/mol. The lowest BCUT2D eigenvalue weighted by Crippen LogP contribution is -2.26. The van der Waals surface area contributed by atoms with Crippen LogP contribution in [0.25, 0.3) is 0 Å². The molecule has 2 nitrogen and oxygen atoms in total. The Balaban J connectivity index is 1.94. The minimum absolute atomic E-state index is 1.06. The third-order valence-corrected chi connectivity index (χ3v) is 3.36. The number of rotatable bonds is 5. The first kappa shape index (κ1) is 11.6. The molecule has 0 atom stereocenters. The minimum atomic E-state index is 1.06. The van der Waals surface area contributed by atoms with E-state index in [0.29, 0.717) is 0 Å². The van der Waals surface area contributed by atoms with Gasteiger partial charge in [0.1, 0.15) is 0 Å². The van der Waals surface area contributed by atoms with Gasteiger partial charge in [-0.2, -0.15) is 0 Å². The third-order valence-electron chi connectivity index (χ3n) is 3.36. The van der Waals surface area contributed by atoms with E-state index in [0.717, 1.165) is 19.6 Å². The Bertz CT molecular complexity index is 347. The normalized spacial score (nSPS) is 14.4. The first-order chi connectivity index (χ1) is 7.79. The second kappa shape index (κ2) is 5.46. The van der Waals surface area contributed by atoms with E-state index in [9.17, 15) is 0 Å². The number of hydrogen-bond acceptors (Lipinski definition) is 2. The number of nitrogens with zero attached hydrogens (tertiary/aromatic N) is 1. The molecule has 1 aromatic carbocycles. The van der Waals surface area contributed by atoms with E-state index < -0.39 is 0 Å². The Labute approximate surface area is 98.7 Å². The molecule has 1 aromatic rings. The maximum Gasteiger partial charge on any atom is 0.0231 e. The Hall–Kier alpha value is -0.860. The van der Waals surface area contributed by atoms with Crippen molar-refractivity contribution in [2.75, 3.05) is 27.2 Å². The molecule has 0 amide bonds. The van der Waals surface area contributed by atoms with Gasteiger partial charge < -0.3 is 10.2 Å². The Morgan fingerprint density at radius 2 is 2.06 bits per heavy atom. The number of aryl methyl sites for hydroxylation is 2. The fourth-order valence-electron chi connectivity index (χ4n) is 2.42. The lowest BCUT2D eigenvalue weighted by molar-refractivity contribution is 0.328. The van der Waals surface area contributed by atoms with E-state index in [1.807, 2.05) is 7.05 Å². The number of benzene rings is 1. The maximum absolute atomic E-state index is 3.18. The van der Waals surface area contributed by atoms with Crippen molar-refractivity contribution >= 4 is 0 Å². The summed E-state index contributed by atoms with van der Waals surface area (Å²) in [4.78, 5) is 2.37. The molecule has 1 N–H and O–H groups in total. The highest BCUT2D eigenvalue weighted by Gasteiger charge is 2.11. The van der Waals surface area contributed by atoms with Gasteiger partial charge in [0.15, 0.2) is 0 Å². The second-order valence-electron chi connectivity index (χ2n) is 4.80. The average Bonchev–Trinajstić information content (AvgIpc) is 2.73. The van der Waals surface area contributed by atoms with Crippen molar-refractivity contribution in [3.63, 3.8) is 0 Å². The molecular formula is C14H22N2. The van der Waals surface area contributed by atoms with Crippen molar-refractivity contribution in [1.82, 2.24) is 10.2 Å². The molecule has 2 rings (SSSR count). The molecule has 2 heteroatoms.